The molecule has 1 fully saturated rings. The third-order valence-electron chi connectivity index (χ3n) is 3.31. The highest BCUT2D eigenvalue weighted by molar-refractivity contribution is 8.18. The van der Waals surface area contributed by atoms with E-state index in [2.05, 4.69) is 15.3 Å². The summed E-state index contributed by atoms with van der Waals surface area (Å²) in [7, 11) is 0. The first kappa shape index (κ1) is 15.9. The lowest BCUT2D eigenvalue weighted by Crippen LogP contribution is -2.19. The number of nitrogens with zero attached hydrogens (tertiary/aromatic N) is 2. The van der Waals surface area contributed by atoms with E-state index in [-0.39, 0.29) is 11.5 Å². The van der Waals surface area contributed by atoms with Crippen molar-refractivity contribution >= 4 is 40.6 Å². The first-order valence-corrected chi connectivity index (χ1v) is 7.88. The highest BCUT2D eigenvalue weighted by Gasteiger charge is 2.24. The Kier molecular flexibility index (Phi) is 4.43. The lowest BCUT2D eigenvalue weighted by molar-refractivity contribution is -0.115. The number of amides is 1. The van der Waals surface area contributed by atoms with Gasteiger partial charge in [0.25, 0.3) is 5.91 Å². The fraction of sp³-hybridized carbons (Fsp3) is 0.0588. The number of amidine groups is 1. The van der Waals surface area contributed by atoms with Crippen LogP contribution in [0.1, 0.15) is 21.5 Å². The van der Waals surface area contributed by atoms with Gasteiger partial charge in [0.15, 0.2) is 5.17 Å². The van der Waals surface area contributed by atoms with Gasteiger partial charge in [0.05, 0.1) is 16.2 Å². The van der Waals surface area contributed by atoms with Gasteiger partial charge in [0, 0.05) is 12.4 Å². The number of hydrogen-bond acceptors (Lipinski definition) is 5. The number of nitrogens with one attached hydrogen (secondary N) is 1. The van der Waals surface area contributed by atoms with Gasteiger partial charge in [0.2, 0.25) is 0 Å². The molecule has 1 aliphatic rings. The van der Waals surface area contributed by atoms with Gasteiger partial charge in [-0.15, -0.1) is 0 Å². The smallest absolute Gasteiger partial charge is 0.335 e. The van der Waals surface area contributed by atoms with Crippen molar-refractivity contribution in [1.82, 2.24) is 10.3 Å². The summed E-state index contributed by atoms with van der Waals surface area (Å²) in [5.74, 6) is -1.26. The average molecular weight is 339 g/mol. The summed E-state index contributed by atoms with van der Waals surface area (Å²) in [4.78, 5) is 32.0. The molecule has 0 atom stereocenters. The van der Waals surface area contributed by atoms with Crippen LogP contribution in [0, 0.1) is 6.92 Å². The van der Waals surface area contributed by atoms with Crippen molar-refractivity contribution in [2.45, 2.75) is 6.92 Å². The summed E-state index contributed by atoms with van der Waals surface area (Å²) in [6.07, 6.45) is 5.06. The zero-order valence-electron chi connectivity index (χ0n) is 12.7. The number of benzene rings is 1. The van der Waals surface area contributed by atoms with Gasteiger partial charge < -0.3 is 10.4 Å². The standard InChI is InChI=1S/C17H13N3O3S/c1-10-4-5-12(16(22)23)8-13(10)19-17-20-15(21)14(24-17)7-11-3-2-6-18-9-11/h2-9H,1H3,(H,22,23)(H,19,20,21). The molecule has 0 saturated carbocycles. The van der Waals surface area contributed by atoms with E-state index in [1.807, 2.05) is 13.0 Å². The second-order valence-corrected chi connectivity index (χ2v) is 6.11. The molecule has 0 bridgehead atoms. The minimum Gasteiger partial charge on any atom is -0.478 e. The first-order chi connectivity index (χ1) is 11.5. The molecule has 0 spiro atoms. The Balaban J connectivity index is 1.88. The maximum atomic E-state index is 12.0. The molecule has 6 nitrogen and oxygen atoms in total. The number of aryl methyl sites for hydroxylation is 1. The van der Waals surface area contributed by atoms with Gasteiger partial charge in [-0.3, -0.25) is 9.78 Å². The van der Waals surface area contributed by atoms with E-state index in [0.29, 0.717) is 15.8 Å². The predicted octanol–water partition coefficient (Wildman–Crippen LogP) is 2.98. The normalized spacial score (nSPS) is 17.3. The number of rotatable bonds is 3. The largest absolute Gasteiger partial charge is 0.478 e. The lowest BCUT2D eigenvalue weighted by Gasteiger charge is -2.03. The van der Waals surface area contributed by atoms with Crippen LogP contribution in [0.3, 0.4) is 0 Å². The van der Waals surface area contributed by atoms with Crippen LogP contribution in [-0.2, 0) is 4.79 Å². The highest BCUT2D eigenvalue weighted by atomic mass is 32.2. The van der Waals surface area contributed by atoms with Crippen molar-refractivity contribution in [1.29, 1.82) is 0 Å². The third kappa shape index (κ3) is 3.52. The van der Waals surface area contributed by atoms with Crippen LogP contribution in [0.4, 0.5) is 5.69 Å². The molecule has 1 aromatic carbocycles. The Labute approximate surface area is 142 Å². The van der Waals surface area contributed by atoms with Crippen LogP contribution in [0.15, 0.2) is 52.6 Å². The third-order valence-corrected chi connectivity index (χ3v) is 4.22. The van der Waals surface area contributed by atoms with Gasteiger partial charge in [-0.25, -0.2) is 9.79 Å². The molecule has 1 saturated heterocycles. The Bertz CT molecular complexity index is 876. The molecule has 2 heterocycles. The predicted molar refractivity (Wildman–Crippen MR) is 93.2 cm³/mol. The highest BCUT2D eigenvalue weighted by Crippen LogP contribution is 2.29. The quantitative estimate of drug-likeness (QED) is 0.839. The molecule has 2 N–H and O–H groups in total. The average Bonchev–Trinajstić information content (AvgIpc) is 2.90. The molecule has 1 aromatic heterocycles. The van der Waals surface area contributed by atoms with Crippen molar-refractivity contribution in [2.24, 2.45) is 4.99 Å². The van der Waals surface area contributed by atoms with Gasteiger partial charge in [-0.05, 0) is 54.1 Å². The van der Waals surface area contributed by atoms with E-state index in [1.54, 1.807) is 30.6 Å². The molecule has 1 amide bonds. The minimum atomic E-state index is -1.02. The molecule has 0 unspecified atom stereocenters. The molecule has 2 aromatic rings. The zero-order chi connectivity index (χ0) is 17.1. The SMILES string of the molecule is Cc1ccc(C(=O)O)cc1N=C1NC(=O)C(=Cc2cccnc2)S1. The van der Waals surface area contributed by atoms with Crippen LogP contribution in [-0.4, -0.2) is 27.1 Å². The summed E-state index contributed by atoms with van der Waals surface area (Å²) >= 11 is 1.21. The number of pyridine rings is 1. The Hall–Kier alpha value is -2.93. The van der Waals surface area contributed by atoms with E-state index in [0.717, 1.165) is 11.1 Å². The number of hydrogen-bond donors (Lipinski definition) is 2. The fourth-order valence-electron chi connectivity index (χ4n) is 2.07. The van der Waals surface area contributed by atoms with Crippen molar-refractivity contribution in [2.75, 3.05) is 0 Å². The number of aromatic carboxylic acids is 1. The number of thioether (sulfide) groups is 1. The first-order valence-electron chi connectivity index (χ1n) is 7.06. The van der Waals surface area contributed by atoms with E-state index < -0.39 is 5.97 Å². The van der Waals surface area contributed by atoms with Crippen molar-refractivity contribution in [3.63, 3.8) is 0 Å². The van der Waals surface area contributed by atoms with Gasteiger partial charge in [-0.1, -0.05) is 12.1 Å². The molecular weight excluding hydrogens is 326 g/mol. The summed E-state index contributed by atoms with van der Waals surface area (Å²) in [5, 5.41) is 12.2. The van der Waals surface area contributed by atoms with E-state index in [1.165, 1.54) is 23.9 Å². The maximum Gasteiger partial charge on any atom is 0.335 e. The van der Waals surface area contributed by atoms with Gasteiger partial charge >= 0.3 is 5.97 Å². The Morgan fingerprint density at radius 1 is 1.38 bits per heavy atom. The number of carbonyl (C=O) groups is 2. The summed E-state index contributed by atoms with van der Waals surface area (Å²) < 4.78 is 0. The summed E-state index contributed by atoms with van der Waals surface area (Å²) in [5.41, 5.74) is 2.31. The van der Waals surface area contributed by atoms with Crippen LogP contribution < -0.4 is 5.32 Å². The Morgan fingerprint density at radius 3 is 2.92 bits per heavy atom. The minimum absolute atomic E-state index is 0.153. The lowest BCUT2D eigenvalue weighted by atomic mass is 10.1. The summed E-state index contributed by atoms with van der Waals surface area (Å²) in [6.45, 7) is 1.83. The number of carbonyl (C=O) groups excluding carboxylic acids is 1. The van der Waals surface area contributed by atoms with E-state index in [9.17, 15) is 9.59 Å². The van der Waals surface area contributed by atoms with E-state index in [4.69, 9.17) is 5.11 Å². The second-order valence-electron chi connectivity index (χ2n) is 5.07. The molecule has 120 valence electrons. The van der Waals surface area contributed by atoms with Crippen LogP contribution in [0.2, 0.25) is 0 Å². The topological polar surface area (TPSA) is 91.6 Å². The molecule has 3 rings (SSSR count). The molecule has 0 aliphatic carbocycles. The monoisotopic (exact) mass is 339 g/mol. The zero-order valence-corrected chi connectivity index (χ0v) is 13.5. The number of carboxylic acids is 1. The molecule has 1 aliphatic heterocycles. The van der Waals surface area contributed by atoms with Crippen molar-refractivity contribution in [3.8, 4) is 0 Å². The molecule has 7 heteroatoms. The second kappa shape index (κ2) is 6.67. The van der Waals surface area contributed by atoms with E-state index >= 15 is 0 Å². The van der Waals surface area contributed by atoms with Crippen molar-refractivity contribution in [3.05, 3.63) is 64.3 Å². The number of aromatic nitrogens is 1. The molecular formula is C17H13N3O3S. The number of carboxylic acid groups (broad SMARTS) is 1. The van der Waals surface area contributed by atoms with Crippen LogP contribution >= 0.6 is 11.8 Å². The maximum absolute atomic E-state index is 12.0. The van der Waals surface area contributed by atoms with Crippen LogP contribution in [0.25, 0.3) is 6.08 Å². The number of aliphatic imine (C=N–C) groups is 1. The molecule has 24 heavy (non-hydrogen) atoms. The van der Waals surface area contributed by atoms with Gasteiger partial charge in [-0.2, -0.15) is 0 Å². The molecule has 0 radical (unpaired) electrons. The van der Waals surface area contributed by atoms with Crippen LogP contribution in [0.5, 0.6) is 0 Å². The Morgan fingerprint density at radius 2 is 2.21 bits per heavy atom. The van der Waals surface area contributed by atoms with Gasteiger partial charge in [0.1, 0.15) is 0 Å². The fourth-order valence-corrected chi connectivity index (χ4v) is 2.90. The summed E-state index contributed by atoms with van der Waals surface area (Å²) in [6, 6.07) is 8.34. The van der Waals surface area contributed by atoms with Crippen molar-refractivity contribution < 1.29 is 14.7 Å².